The highest BCUT2D eigenvalue weighted by atomic mass is 15.1. The third-order valence-electron chi connectivity index (χ3n) is 11.1. The molecule has 10 rings (SSSR count). The molecule has 1 aromatic heterocycles. The Labute approximate surface area is 334 Å². The second-order valence-corrected chi connectivity index (χ2v) is 14.7. The number of aromatic nitrogens is 1. The quantitative estimate of drug-likeness (QED) is 0.151. The lowest BCUT2D eigenvalue weighted by Crippen LogP contribution is -2.09. The number of hydrogen-bond donors (Lipinski definition) is 0. The number of nitrogens with zero attached hydrogens (tertiary/aromatic N) is 2. The first kappa shape index (κ1) is 34.1. The molecule has 0 spiro atoms. The molecule has 270 valence electrons. The Morgan fingerprint density at radius 3 is 1.12 bits per heavy atom. The molecule has 0 fully saturated rings. The van der Waals surface area contributed by atoms with Crippen LogP contribution in [0.4, 0.5) is 17.1 Å². The minimum Gasteiger partial charge on any atom is -0.311 e. The molecule has 0 amide bonds. The maximum Gasteiger partial charge on any atom is 0.0541 e. The summed E-state index contributed by atoms with van der Waals surface area (Å²) in [6, 6.07) is 81.2. The molecule has 0 saturated carbocycles. The van der Waals surface area contributed by atoms with Gasteiger partial charge < -0.3 is 9.47 Å². The summed E-state index contributed by atoms with van der Waals surface area (Å²) in [5.41, 5.74) is 17.8. The second kappa shape index (κ2) is 14.7. The van der Waals surface area contributed by atoms with Crippen molar-refractivity contribution in [1.82, 2.24) is 4.57 Å². The normalized spacial score (nSPS) is 11.2. The van der Waals surface area contributed by atoms with E-state index in [1.54, 1.807) is 0 Å². The molecule has 0 atom stereocenters. The number of hydrogen-bond acceptors (Lipinski definition) is 1. The molecule has 57 heavy (non-hydrogen) atoms. The Hall–Kier alpha value is -7.42. The molecule has 2 heteroatoms. The third kappa shape index (κ3) is 6.58. The van der Waals surface area contributed by atoms with Crippen molar-refractivity contribution in [3.05, 3.63) is 230 Å². The Balaban J connectivity index is 0.977. The van der Waals surface area contributed by atoms with Gasteiger partial charge >= 0.3 is 0 Å². The van der Waals surface area contributed by atoms with Crippen molar-refractivity contribution in [3.8, 4) is 50.2 Å². The van der Waals surface area contributed by atoms with Crippen LogP contribution in [0, 0.1) is 6.92 Å². The van der Waals surface area contributed by atoms with Crippen LogP contribution in [0.2, 0.25) is 0 Å². The topological polar surface area (TPSA) is 8.17 Å². The molecule has 10 aromatic rings. The van der Waals surface area contributed by atoms with Gasteiger partial charge in [0.15, 0.2) is 0 Å². The maximum absolute atomic E-state index is 2.37. The molecule has 0 N–H and O–H groups in total. The van der Waals surface area contributed by atoms with E-state index in [1.807, 2.05) is 0 Å². The van der Waals surface area contributed by atoms with Crippen LogP contribution in [0.3, 0.4) is 0 Å². The van der Waals surface area contributed by atoms with Crippen LogP contribution in [-0.4, -0.2) is 4.57 Å². The van der Waals surface area contributed by atoms with Crippen LogP contribution in [0.25, 0.3) is 72.0 Å². The van der Waals surface area contributed by atoms with E-state index >= 15 is 0 Å². The lowest BCUT2D eigenvalue weighted by Gasteiger charge is -2.26. The molecule has 2 nitrogen and oxygen atoms in total. The lowest BCUT2D eigenvalue weighted by atomic mass is 9.98. The first-order valence-corrected chi connectivity index (χ1v) is 19.6. The van der Waals surface area contributed by atoms with Crippen LogP contribution in [0.15, 0.2) is 224 Å². The van der Waals surface area contributed by atoms with E-state index in [2.05, 4.69) is 241 Å². The van der Waals surface area contributed by atoms with Crippen molar-refractivity contribution in [2.45, 2.75) is 6.92 Å². The van der Waals surface area contributed by atoms with Crippen molar-refractivity contribution >= 4 is 38.9 Å². The van der Waals surface area contributed by atoms with Crippen molar-refractivity contribution in [3.63, 3.8) is 0 Å². The summed E-state index contributed by atoms with van der Waals surface area (Å²) in [6.45, 7) is 2.13. The van der Waals surface area contributed by atoms with Gasteiger partial charge in [-0.25, -0.2) is 0 Å². The molecule has 0 radical (unpaired) electrons. The van der Waals surface area contributed by atoms with Gasteiger partial charge in [0.2, 0.25) is 0 Å². The summed E-state index contributed by atoms with van der Waals surface area (Å²) in [4.78, 5) is 2.34. The predicted octanol–water partition coefficient (Wildman–Crippen LogP) is 15.2. The third-order valence-corrected chi connectivity index (χ3v) is 11.1. The highest BCUT2D eigenvalue weighted by Gasteiger charge is 2.15. The zero-order valence-corrected chi connectivity index (χ0v) is 31.8. The smallest absolute Gasteiger partial charge is 0.0541 e. The molecular weight excluding hydrogens is 689 g/mol. The molecule has 0 saturated heterocycles. The average Bonchev–Trinajstić information content (AvgIpc) is 3.62. The Morgan fingerprint density at radius 1 is 0.298 bits per heavy atom. The minimum atomic E-state index is 1.10. The van der Waals surface area contributed by atoms with Gasteiger partial charge in [-0.05, 0) is 118 Å². The van der Waals surface area contributed by atoms with Crippen molar-refractivity contribution in [2.24, 2.45) is 0 Å². The minimum absolute atomic E-state index is 1.10. The van der Waals surface area contributed by atoms with Crippen molar-refractivity contribution in [1.29, 1.82) is 0 Å². The molecule has 0 aliphatic heterocycles. The van der Waals surface area contributed by atoms with Crippen molar-refractivity contribution < 1.29 is 0 Å². The van der Waals surface area contributed by atoms with Crippen LogP contribution >= 0.6 is 0 Å². The van der Waals surface area contributed by atoms with Gasteiger partial charge in [-0.3, -0.25) is 0 Å². The van der Waals surface area contributed by atoms with E-state index in [-0.39, 0.29) is 0 Å². The fraction of sp³-hybridized carbons (Fsp3) is 0.0182. The Kier molecular flexibility index (Phi) is 8.78. The maximum atomic E-state index is 2.37. The second-order valence-electron chi connectivity index (χ2n) is 14.7. The first-order chi connectivity index (χ1) is 28.2. The predicted molar refractivity (Wildman–Crippen MR) is 242 cm³/mol. The van der Waals surface area contributed by atoms with Gasteiger partial charge in [-0.2, -0.15) is 0 Å². The van der Waals surface area contributed by atoms with E-state index in [1.165, 1.54) is 71.9 Å². The van der Waals surface area contributed by atoms with Gasteiger partial charge in [0, 0.05) is 33.5 Å². The zero-order chi connectivity index (χ0) is 38.1. The summed E-state index contributed by atoms with van der Waals surface area (Å²) in [7, 11) is 0. The highest BCUT2D eigenvalue weighted by molar-refractivity contribution is 6.09. The fourth-order valence-corrected chi connectivity index (χ4v) is 8.11. The SMILES string of the molecule is Cc1ccc(-c2cccc(-c3ccc(N(c4ccc(-c5ccccc5)cc4)c4ccc(-c5ccc(-n6c7ccccc7c7ccccc76)cc5)cc4)cc3)c2)cc1. The highest BCUT2D eigenvalue weighted by Crippen LogP contribution is 2.39. The summed E-state index contributed by atoms with van der Waals surface area (Å²) < 4.78 is 2.37. The molecule has 0 unspecified atom stereocenters. The van der Waals surface area contributed by atoms with E-state index < -0.39 is 0 Å². The molecular formula is C55H40N2. The summed E-state index contributed by atoms with van der Waals surface area (Å²) in [5, 5.41) is 2.54. The number of fused-ring (bicyclic) bond motifs is 3. The molecule has 0 aliphatic carbocycles. The van der Waals surface area contributed by atoms with Gasteiger partial charge in [0.25, 0.3) is 0 Å². The van der Waals surface area contributed by atoms with Gasteiger partial charge in [-0.15, -0.1) is 0 Å². The van der Waals surface area contributed by atoms with Crippen LogP contribution < -0.4 is 4.90 Å². The lowest BCUT2D eigenvalue weighted by molar-refractivity contribution is 1.18. The number of rotatable bonds is 8. The molecule has 1 heterocycles. The van der Waals surface area contributed by atoms with Gasteiger partial charge in [0.05, 0.1) is 11.0 Å². The van der Waals surface area contributed by atoms with E-state index in [0.29, 0.717) is 0 Å². The van der Waals surface area contributed by atoms with E-state index in [9.17, 15) is 0 Å². The Bertz CT molecular complexity index is 2900. The van der Waals surface area contributed by atoms with E-state index in [0.717, 1.165) is 22.7 Å². The van der Waals surface area contributed by atoms with Gasteiger partial charge in [-0.1, -0.05) is 163 Å². The monoisotopic (exact) mass is 728 g/mol. The van der Waals surface area contributed by atoms with Crippen LogP contribution in [-0.2, 0) is 0 Å². The van der Waals surface area contributed by atoms with Gasteiger partial charge in [0.1, 0.15) is 0 Å². The zero-order valence-electron chi connectivity index (χ0n) is 31.8. The van der Waals surface area contributed by atoms with E-state index in [4.69, 9.17) is 0 Å². The average molecular weight is 729 g/mol. The summed E-state index contributed by atoms with van der Waals surface area (Å²) in [6.07, 6.45) is 0. The van der Waals surface area contributed by atoms with Crippen LogP contribution in [0.1, 0.15) is 5.56 Å². The molecule has 9 aromatic carbocycles. The number of aryl methyl sites for hydroxylation is 1. The first-order valence-electron chi connectivity index (χ1n) is 19.6. The van der Waals surface area contributed by atoms with Crippen LogP contribution in [0.5, 0.6) is 0 Å². The Morgan fingerprint density at radius 2 is 0.649 bits per heavy atom. The van der Waals surface area contributed by atoms with Crippen molar-refractivity contribution in [2.75, 3.05) is 4.90 Å². The standard InChI is InChI=1S/C55H40N2/c1-39-18-20-44(21-19-39)46-12-9-13-47(38-46)45-28-34-50(35-29-45)56(48-30-22-41(23-31-48)40-10-3-2-4-11-40)49-32-24-42(25-33-49)43-26-36-51(37-27-43)57-54-16-7-5-14-52(54)53-15-6-8-17-55(53)57/h2-38H,1H3. The number of anilines is 3. The number of para-hydroxylation sites is 2. The largest absolute Gasteiger partial charge is 0.311 e. The number of benzene rings is 9. The fourth-order valence-electron chi connectivity index (χ4n) is 8.11. The molecule has 0 bridgehead atoms. The molecule has 0 aliphatic rings. The summed E-state index contributed by atoms with van der Waals surface area (Å²) in [5.74, 6) is 0. The summed E-state index contributed by atoms with van der Waals surface area (Å²) >= 11 is 0.